The third kappa shape index (κ3) is 16.3. The van der Waals surface area contributed by atoms with E-state index in [0.717, 1.165) is 38.5 Å². The molecule has 140 valence electrons. The molecule has 0 rings (SSSR count). The summed E-state index contributed by atoms with van der Waals surface area (Å²) < 4.78 is 34.1. The zero-order valence-electron chi connectivity index (χ0n) is 16.1. The Kier molecular flexibility index (Phi) is 19.5. The van der Waals surface area contributed by atoms with Crippen molar-refractivity contribution in [1.82, 2.24) is 0 Å². The van der Waals surface area contributed by atoms with E-state index in [1.54, 1.807) is 0 Å². The van der Waals surface area contributed by atoms with Crippen LogP contribution in [0.3, 0.4) is 0 Å². The van der Waals surface area contributed by atoms with E-state index in [4.69, 9.17) is 0 Å². The molecular formula is C18H37NaO4S. The van der Waals surface area contributed by atoms with Crippen LogP contribution >= 0.6 is 0 Å². The van der Waals surface area contributed by atoms with Gasteiger partial charge in [-0.2, -0.15) is 0 Å². The first-order valence-corrected chi connectivity index (χ1v) is 11.0. The molecule has 6 heteroatoms. The third-order valence-corrected chi connectivity index (χ3v) is 5.76. The zero-order chi connectivity index (χ0) is 17.6. The van der Waals surface area contributed by atoms with Crippen LogP contribution in [0.2, 0.25) is 0 Å². The summed E-state index contributed by atoms with van der Waals surface area (Å²) in [4.78, 5) is 0. The summed E-state index contributed by atoms with van der Waals surface area (Å²) in [6.45, 7) is 4.22. The first kappa shape index (κ1) is 27.1. The molecule has 0 aliphatic heterocycles. The van der Waals surface area contributed by atoms with Crippen molar-refractivity contribution < 1.29 is 47.6 Å². The smallest absolute Gasteiger partial charge is 0.748 e. The maximum atomic E-state index is 11.4. The van der Waals surface area contributed by atoms with E-state index in [1.807, 2.05) is 6.92 Å². The average molecular weight is 373 g/mol. The standard InChI is InChI=1S/C18H38O4S.Na/c1-3-5-6-7-8-9-10-15-18(23(20,21)22)16-12-11-14-17(19)13-4-2;/h17-19H,3-16H2,1-2H3,(H,20,21,22);/q;+1/p-1. The molecule has 0 spiro atoms. The van der Waals surface area contributed by atoms with Crippen molar-refractivity contribution in [2.45, 2.75) is 115 Å². The first-order chi connectivity index (χ1) is 10.9. The van der Waals surface area contributed by atoms with Crippen LogP contribution in [0.15, 0.2) is 0 Å². The zero-order valence-corrected chi connectivity index (χ0v) is 19.0. The van der Waals surface area contributed by atoms with Gasteiger partial charge in [0.05, 0.1) is 16.2 Å². The normalized spacial score (nSPS) is 14.2. The van der Waals surface area contributed by atoms with Gasteiger partial charge in [0.2, 0.25) is 0 Å². The summed E-state index contributed by atoms with van der Waals surface area (Å²) in [6, 6.07) is 0. The fourth-order valence-electron chi connectivity index (χ4n) is 2.99. The minimum absolute atomic E-state index is 0. The third-order valence-electron chi connectivity index (χ3n) is 4.47. The summed E-state index contributed by atoms with van der Waals surface area (Å²) in [7, 11) is -4.19. The van der Waals surface area contributed by atoms with E-state index in [-0.39, 0.29) is 35.7 Å². The summed E-state index contributed by atoms with van der Waals surface area (Å²) in [5.41, 5.74) is 0. The number of hydrogen-bond acceptors (Lipinski definition) is 4. The predicted octanol–water partition coefficient (Wildman–Crippen LogP) is 1.77. The molecular weight excluding hydrogens is 335 g/mol. The average Bonchev–Trinajstić information content (AvgIpc) is 2.47. The van der Waals surface area contributed by atoms with E-state index >= 15 is 0 Å². The van der Waals surface area contributed by atoms with Crippen molar-refractivity contribution in [3.05, 3.63) is 0 Å². The molecule has 1 N–H and O–H groups in total. The number of hydrogen-bond donors (Lipinski definition) is 1. The quantitative estimate of drug-likeness (QED) is 0.254. The Labute approximate surface area is 172 Å². The van der Waals surface area contributed by atoms with Gasteiger partial charge in [0.25, 0.3) is 0 Å². The molecule has 0 saturated heterocycles. The monoisotopic (exact) mass is 372 g/mol. The van der Waals surface area contributed by atoms with Crippen LogP contribution < -0.4 is 29.6 Å². The minimum Gasteiger partial charge on any atom is -0.748 e. The van der Waals surface area contributed by atoms with Gasteiger partial charge >= 0.3 is 29.6 Å². The molecule has 2 atom stereocenters. The Morgan fingerprint density at radius 1 is 0.750 bits per heavy atom. The van der Waals surface area contributed by atoms with Gasteiger partial charge < -0.3 is 9.66 Å². The molecule has 2 unspecified atom stereocenters. The first-order valence-electron chi connectivity index (χ1n) is 9.54. The molecule has 0 aliphatic carbocycles. The number of aliphatic hydroxyl groups is 1. The van der Waals surface area contributed by atoms with Crippen molar-refractivity contribution >= 4 is 10.1 Å². The molecule has 0 amide bonds. The summed E-state index contributed by atoms with van der Waals surface area (Å²) >= 11 is 0. The predicted molar refractivity (Wildman–Crippen MR) is 95.5 cm³/mol. The van der Waals surface area contributed by atoms with Crippen LogP contribution in [0.1, 0.15) is 104 Å². The van der Waals surface area contributed by atoms with Crippen LogP contribution in [0.4, 0.5) is 0 Å². The van der Waals surface area contributed by atoms with Gasteiger partial charge in [-0.1, -0.05) is 78.1 Å². The van der Waals surface area contributed by atoms with Gasteiger partial charge in [-0.15, -0.1) is 0 Å². The van der Waals surface area contributed by atoms with Gasteiger partial charge in [0.1, 0.15) is 0 Å². The fourth-order valence-corrected chi connectivity index (χ4v) is 3.90. The number of unbranched alkanes of at least 4 members (excludes halogenated alkanes) is 7. The largest absolute Gasteiger partial charge is 1.00 e. The number of rotatable bonds is 16. The van der Waals surface area contributed by atoms with Gasteiger partial charge in [0, 0.05) is 5.25 Å². The van der Waals surface area contributed by atoms with Crippen molar-refractivity contribution in [3.63, 3.8) is 0 Å². The molecule has 24 heavy (non-hydrogen) atoms. The maximum absolute atomic E-state index is 11.4. The Morgan fingerprint density at radius 3 is 1.71 bits per heavy atom. The van der Waals surface area contributed by atoms with Gasteiger partial charge in [-0.25, -0.2) is 8.42 Å². The molecule has 0 fully saturated rings. The van der Waals surface area contributed by atoms with Crippen molar-refractivity contribution in [3.8, 4) is 0 Å². The van der Waals surface area contributed by atoms with Crippen molar-refractivity contribution in [2.24, 2.45) is 0 Å². The van der Waals surface area contributed by atoms with Crippen LogP contribution in [0, 0.1) is 0 Å². The van der Waals surface area contributed by atoms with Crippen molar-refractivity contribution in [2.75, 3.05) is 0 Å². The topological polar surface area (TPSA) is 77.4 Å². The van der Waals surface area contributed by atoms with E-state index in [9.17, 15) is 18.1 Å². The Bertz CT molecular complexity index is 360. The minimum atomic E-state index is -4.19. The molecule has 0 radical (unpaired) electrons. The molecule has 0 aromatic carbocycles. The summed E-state index contributed by atoms with van der Waals surface area (Å²) in [5, 5.41) is 8.92. The molecule has 4 nitrogen and oxygen atoms in total. The second kappa shape index (κ2) is 17.3. The van der Waals surface area contributed by atoms with Crippen LogP contribution in [0.5, 0.6) is 0 Å². The number of aliphatic hydroxyl groups excluding tert-OH is 1. The molecule has 0 heterocycles. The molecule has 0 saturated carbocycles. The molecule has 0 bridgehead atoms. The summed E-state index contributed by atoms with van der Waals surface area (Å²) in [5.74, 6) is 0. The molecule has 0 aromatic heterocycles. The van der Waals surface area contributed by atoms with E-state index in [1.165, 1.54) is 25.7 Å². The van der Waals surface area contributed by atoms with E-state index < -0.39 is 15.4 Å². The fraction of sp³-hybridized carbons (Fsp3) is 1.00. The van der Waals surface area contributed by atoms with Crippen LogP contribution in [-0.4, -0.2) is 29.4 Å². The van der Waals surface area contributed by atoms with Crippen LogP contribution in [0.25, 0.3) is 0 Å². The molecule has 0 aromatic rings. The van der Waals surface area contributed by atoms with Gasteiger partial charge in [0.15, 0.2) is 0 Å². The SMILES string of the molecule is CCCCCCCCCC(CCCCC(O)CCC)S(=O)(=O)[O-].[Na+]. The van der Waals surface area contributed by atoms with Crippen molar-refractivity contribution in [1.29, 1.82) is 0 Å². The van der Waals surface area contributed by atoms with Gasteiger partial charge in [-0.05, 0) is 25.7 Å². The van der Waals surface area contributed by atoms with Gasteiger partial charge in [-0.3, -0.25) is 0 Å². The molecule has 0 aliphatic rings. The Hall–Kier alpha value is 0.870. The second-order valence-corrected chi connectivity index (χ2v) is 8.40. The maximum Gasteiger partial charge on any atom is 1.00 e. The second-order valence-electron chi connectivity index (χ2n) is 6.75. The van der Waals surface area contributed by atoms with E-state index in [2.05, 4.69) is 6.92 Å². The summed E-state index contributed by atoms with van der Waals surface area (Å²) in [6.07, 6.45) is 12.5. The van der Waals surface area contributed by atoms with Crippen LogP contribution in [-0.2, 0) is 10.1 Å². The van der Waals surface area contributed by atoms with E-state index in [0.29, 0.717) is 25.7 Å². The Balaban J connectivity index is 0. The Morgan fingerprint density at radius 2 is 1.21 bits per heavy atom.